The first-order valence-corrected chi connectivity index (χ1v) is 7.51. The zero-order valence-electron chi connectivity index (χ0n) is 12.6. The Morgan fingerprint density at radius 2 is 1.58 bits per heavy atom. The number of phenolic OH excluding ortho intramolecular Hbond substituents is 1. The maximum absolute atomic E-state index is 10.4. The summed E-state index contributed by atoms with van der Waals surface area (Å²) in [6.07, 6.45) is -1.01. The summed E-state index contributed by atoms with van der Waals surface area (Å²) in [5, 5.41) is 30.3. The number of aromatic nitrogens is 2. The number of aliphatic hydroxyl groups excluding tert-OH is 1. The van der Waals surface area contributed by atoms with Gasteiger partial charge < -0.3 is 14.6 Å². The predicted molar refractivity (Wildman–Crippen MR) is 89.4 cm³/mol. The number of hydrogen-bond acceptors (Lipinski definition) is 5. The average Bonchev–Trinajstić information content (AvgIpc) is 3.11. The number of rotatable bonds is 3. The van der Waals surface area contributed by atoms with Gasteiger partial charge in [0.05, 0.1) is 5.56 Å². The molecule has 0 amide bonds. The molecule has 1 heterocycles. The summed E-state index contributed by atoms with van der Waals surface area (Å²) in [7, 11) is 0. The second-order valence-corrected chi connectivity index (χ2v) is 5.44. The monoisotopic (exact) mass is 318 g/mol. The van der Waals surface area contributed by atoms with Crippen molar-refractivity contribution in [3.63, 3.8) is 0 Å². The Kier molecular flexibility index (Phi) is 3.48. The van der Waals surface area contributed by atoms with Crippen LogP contribution in [0.2, 0.25) is 0 Å². The summed E-state index contributed by atoms with van der Waals surface area (Å²) in [6, 6.07) is 20.1. The third kappa shape index (κ3) is 2.41. The Labute approximate surface area is 137 Å². The highest BCUT2D eigenvalue weighted by molar-refractivity contribution is 5.97. The molecule has 0 saturated carbocycles. The third-order valence-electron chi connectivity index (χ3n) is 3.91. The molecule has 0 spiro atoms. The zero-order chi connectivity index (χ0) is 16.5. The lowest BCUT2D eigenvalue weighted by molar-refractivity contribution is 0.183. The molecular weight excluding hydrogens is 304 g/mol. The number of aromatic hydroxyl groups is 1. The molecular formula is C19H14N2O3. The summed E-state index contributed by atoms with van der Waals surface area (Å²) in [5.74, 6) is 0.316. The summed E-state index contributed by atoms with van der Waals surface area (Å²) < 4.78 is 5.64. The highest BCUT2D eigenvalue weighted by atomic mass is 16.4. The van der Waals surface area contributed by atoms with E-state index in [1.807, 2.05) is 48.5 Å². The number of fused-ring (bicyclic) bond motifs is 1. The lowest BCUT2D eigenvalue weighted by atomic mass is 10.0. The molecule has 4 rings (SSSR count). The van der Waals surface area contributed by atoms with Crippen LogP contribution in [0, 0.1) is 0 Å². The molecule has 0 fully saturated rings. The van der Waals surface area contributed by atoms with Crippen LogP contribution in [0.4, 0.5) is 0 Å². The highest BCUT2D eigenvalue weighted by Crippen LogP contribution is 2.36. The van der Waals surface area contributed by atoms with Crippen molar-refractivity contribution < 1.29 is 14.6 Å². The van der Waals surface area contributed by atoms with Gasteiger partial charge in [0.15, 0.2) is 6.10 Å². The van der Waals surface area contributed by atoms with Gasteiger partial charge in [-0.15, -0.1) is 10.2 Å². The van der Waals surface area contributed by atoms with Crippen LogP contribution in [0.1, 0.15) is 17.6 Å². The fourth-order valence-corrected chi connectivity index (χ4v) is 2.71. The number of nitrogens with zero attached hydrogens (tertiary/aromatic N) is 2. The zero-order valence-corrected chi connectivity index (χ0v) is 12.6. The third-order valence-corrected chi connectivity index (χ3v) is 3.91. The highest BCUT2D eigenvalue weighted by Gasteiger charge is 2.21. The van der Waals surface area contributed by atoms with Crippen molar-refractivity contribution in [1.82, 2.24) is 10.2 Å². The molecule has 5 heteroatoms. The number of benzene rings is 3. The maximum atomic E-state index is 10.4. The first-order chi connectivity index (χ1) is 11.7. The average molecular weight is 318 g/mol. The molecule has 1 aromatic heterocycles. The largest absolute Gasteiger partial charge is 0.507 e. The van der Waals surface area contributed by atoms with Crippen molar-refractivity contribution in [2.45, 2.75) is 6.10 Å². The molecule has 0 saturated heterocycles. The molecule has 2 N–H and O–H groups in total. The van der Waals surface area contributed by atoms with E-state index in [0.29, 0.717) is 11.1 Å². The van der Waals surface area contributed by atoms with Gasteiger partial charge in [-0.3, -0.25) is 0 Å². The van der Waals surface area contributed by atoms with E-state index < -0.39 is 6.10 Å². The molecule has 0 aliphatic rings. The summed E-state index contributed by atoms with van der Waals surface area (Å²) in [4.78, 5) is 0. The fourth-order valence-electron chi connectivity index (χ4n) is 2.71. The molecule has 5 nitrogen and oxygen atoms in total. The van der Waals surface area contributed by atoms with Crippen molar-refractivity contribution in [2.75, 3.05) is 0 Å². The van der Waals surface area contributed by atoms with E-state index in [1.54, 1.807) is 18.2 Å². The molecule has 0 aliphatic carbocycles. The van der Waals surface area contributed by atoms with E-state index in [0.717, 1.165) is 10.8 Å². The molecule has 24 heavy (non-hydrogen) atoms. The van der Waals surface area contributed by atoms with Crippen LogP contribution in [-0.4, -0.2) is 20.4 Å². The predicted octanol–water partition coefficient (Wildman–Crippen LogP) is 3.68. The minimum atomic E-state index is -1.01. The van der Waals surface area contributed by atoms with E-state index in [9.17, 15) is 10.2 Å². The Morgan fingerprint density at radius 1 is 0.833 bits per heavy atom. The second-order valence-electron chi connectivity index (χ2n) is 5.44. The molecule has 0 unspecified atom stereocenters. The van der Waals surface area contributed by atoms with Crippen LogP contribution >= 0.6 is 0 Å². The molecule has 1 atom stereocenters. The maximum Gasteiger partial charge on any atom is 0.252 e. The van der Waals surface area contributed by atoms with E-state index in [4.69, 9.17) is 4.42 Å². The molecule has 0 radical (unpaired) electrons. The van der Waals surface area contributed by atoms with Crippen LogP contribution in [0.5, 0.6) is 5.75 Å². The van der Waals surface area contributed by atoms with Gasteiger partial charge in [-0.2, -0.15) is 0 Å². The topological polar surface area (TPSA) is 79.4 Å². The molecule has 0 aliphatic heterocycles. The number of aliphatic hydroxyl groups is 1. The van der Waals surface area contributed by atoms with Gasteiger partial charge in [0.1, 0.15) is 5.75 Å². The smallest absolute Gasteiger partial charge is 0.252 e. The van der Waals surface area contributed by atoms with E-state index >= 15 is 0 Å². The summed E-state index contributed by atoms with van der Waals surface area (Å²) in [6.45, 7) is 0. The lowest BCUT2D eigenvalue weighted by Crippen LogP contribution is -1.99. The van der Waals surface area contributed by atoms with Crippen molar-refractivity contribution in [1.29, 1.82) is 0 Å². The molecule has 118 valence electrons. The van der Waals surface area contributed by atoms with Crippen molar-refractivity contribution >= 4 is 10.8 Å². The van der Waals surface area contributed by atoms with Gasteiger partial charge in [-0.25, -0.2) is 0 Å². The Bertz CT molecular complexity index is 996. The minimum absolute atomic E-state index is 0.0538. The van der Waals surface area contributed by atoms with Crippen molar-refractivity contribution in [2.24, 2.45) is 0 Å². The Balaban J connectivity index is 1.80. The van der Waals surface area contributed by atoms with Gasteiger partial charge >= 0.3 is 0 Å². The first kappa shape index (κ1) is 14.4. The number of hydrogen-bond donors (Lipinski definition) is 2. The van der Waals surface area contributed by atoms with Gasteiger partial charge in [-0.05, 0) is 22.4 Å². The van der Waals surface area contributed by atoms with E-state index in [1.165, 1.54) is 0 Å². The summed E-state index contributed by atoms with van der Waals surface area (Å²) in [5.41, 5.74) is 1.13. The standard InChI is InChI=1S/C19H14N2O3/c22-15-11-10-12-6-4-5-9-14(12)16(15)18-20-21-19(24-18)17(23)13-7-2-1-3-8-13/h1-11,17,22-23H/t17-/m1/s1. The normalized spacial score (nSPS) is 12.4. The van der Waals surface area contributed by atoms with Crippen LogP contribution in [0.15, 0.2) is 71.1 Å². The van der Waals surface area contributed by atoms with Gasteiger partial charge in [0.2, 0.25) is 5.89 Å². The minimum Gasteiger partial charge on any atom is -0.507 e. The lowest BCUT2D eigenvalue weighted by Gasteiger charge is -2.06. The van der Waals surface area contributed by atoms with E-state index in [2.05, 4.69) is 10.2 Å². The quantitative estimate of drug-likeness (QED) is 0.602. The Hall–Kier alpha value is -3.18. The van der Waals surface area contributed by atoms with Gasteiger partial charge in [0, 0.05) is 0 Å². The second kappa shape index (κ2) is 5.79. The fraction of sp³-hybridized carbons (Fsp3) is 0.0526. The van der Waals surface area contributed by atoms with Gasteiger partial charge in [0.25, 0.3) is 5.89 Å². The SMILES string of the molecule is Oc1ccc2ccccc2c1-c1nnc([C@H](O)c2ccccc2)o1. The Morgan fingerprint density at radius 3 is 2.42 bits per heavy atom. The van der Waals surface area contributed by atoms with Crippen LogP contribution in [0.3, 0.4) is 0 Å². The molecule has 4 aromatic rings. The molecule has 3 aromatic carbocycles. The van der Waals surface area contributed by atoms with Gasteiger partial charge in [-0.1, -0.05) is 60.7 Å². The van der Waals surface area contributed by atoms with Crippen LogP contribution in [-0.2, 0) is 0 Å². The van der Waals surface area contributed by atoms with Crippen LogP contribution in [0.25, 0.3) is 22.2 Å². The van der Waals surface area contributed by atoms with E-state index in [-0.39, 0.29) is 17.5 Å². The van der Waals surface area contributed by atoms with Crippen LogP contribution < -0.4 is 0 Å². The first-order valence-electron chi connectivity index (χ1n) is 7.51. The number of phenols is 1. The van der Waals surface area contributed by atoms with Crippen molar-refractivity contribution in [3.05, 3.63) is 78.2 Å². The van der Waals surface area contributed by atoms with Crippen molar-refractivity contribution in [3.8, 4) is 17.2 Å². The summed E-state index contributed by atoms with van der Waals surface area (Å²) >= 11 is 0. The molecule has 0 bridgehead atoms.